The van der Waals surface area contributed by atoms with Gasteiger partial charge in [0.1, 0.15) is 5.60 Å². The highest BCUT2D eigenvalue weighted by Crippen LogP contribution is 2.18. The maximum Gasteiger partial charge on any atom is 0.410 e. The highest BCUT2D eigenvalue weighted by molar-refractivity contribution is 7.09. The predicted molar refractivity (Wildman–Crippen MR) is 86.5 cm³/mol. The van der Waals surface area contributed by atoms with Gasteiger partial charge >= 0.3 is 6.09 Å². The minimum absolute atomic E-state index is 0.269. The molecule has 0 aliphatic heterocycles. The second-order valence-electron chi connectivity index (χ2n) is 6.95. The van der Waals surface area contributed by atoms with Crippen LogP contribution in [0.5, 0.6) is 0 Å². The van der Waals surface area contributed by atoms with Crippen LogP contribution in [0.3, 0.4) is 0 Å². The molecule has 21 heavy (non-hydrogen) atoms. The van der Waals surface area contributed by atoms with Gasteiger partial charge in [0.15, 0.2) is 0 Å². The third kappa shape index (κ3) is 6.91. The summed E-state index contributed by atoms with van der Waals surface area (Å²) < 4.78 is 5.48. The fourth-order valence-corrected chi connectivity index (χ4v) is 2.31. The Morgan fingerprint density at radius 2 is 2.00 bits per heavy atom. The lowest BCUT2D eigenvalue weighted by Gasteiger charge is -2.36. The van der Waals surface area contributed by atoms with Crippen molar-refractivity contribution in [2.24, 2.45) is 0 Å². The predicted octanol–water partition coefficient (Wildman–Crippen LogP) is 3.27. The van der Waals surface area contributed by atoms with Crippen molar-refractivity contribution >= 4 is 17.4 Å². The van der Waals surface area contributed by atoms with E-state index in [1.54, 1.807) is 16.2 Å². The van der Waals surface area contributed by atoms with E-state index in [1.807, 2.05) is 53.2 Å². The maximum absolute atomic E-state index is 12.3. The van der Waals surface area contributed by atoms with Crippen molar-refractivity contribution in [1.82, 2.24) is 15.2 Å². The maximum atomic E-state index is 12.3. The summed E-state index contributed by atoms with van der Waals surface area (Å²) in [7, 11) is 0. The Hall–Kier alpha value is -1.14. The first-order chi connectivity index (χ1) is 9.59. The smallest absolute Gasteiger partial charge is 0.410 e. The Balaban J connectivity index is 2.49. The number of ether oxygens (including phenoxy) is 1. The molecule has 0 radical (unpaired) electrons. The second kappa shape index (κ2) is 7.22. The average molecular weight is 313 g/mol. The lowest BCUT2D eigenvalue weighted by atomic mass is 10.1. The summed E-state index contributed by atoms with van der Waals surface area (Å²) in [6, 6.07) is 0. The van der Waals surface area contributed by atoms with Crippen LogP contribution in [0, 0.1) is 0 Å². The van der Waals surface area contributed by atoms with Gasteiger partial charge in [0.2, 0.25) is 0 Å². The van der Waals surface area contributed by atoms with E-state index in [0.29, 0.717) is 13.1 Å². The van der Waals surface area contributed by atoms with Crippen LogP contribution >= 0.6 is 11.3 Å². The minimum atomic E-state index is -0.476. The normalized spacial score (nSPS) is 12.3. The van der Waals surface area contributed by atoms with E-state index in [0.717, 1.165) is 6.54 Å². The van der Waals surface area contributed by atoms with E-state index in [2.05, 4.69) is 10.3 Å². The van der Waals surface area contributed by atoms with Gasteiger partial charge in [-0.1, -0.05) is 0 Å². The van der Waals surface area contributed by atoms with Gasteiger partial charge in [0, 0.05) is 36.2 Å². The molecule has 0 fully saturated rings. The Bertz CT molecular complexity index is 433. The zero-order valence-electron chi connectivity index (χ0n) is 13.9. The van der Waals surface area contributed by atoms with Crippen molar-refractivity contribution in [3.05, 3.63) is 16.6 Å². The third-order valence-corrected chi connectivity index (χ3v) is 3.50. The van der Waals surface area contributed by atoms with Gasteiger partial charge in [0.05, 0.1) is 5.51 Å². The fraction of sp³-hybridized carbons (Fsp3) is 0.733. The largest absolute Gasteiger partial charge is 0.444 e. The molecule has 5 nitrogen and oxygen atoms in total. The highest BCUT2D eigenvalue weighted by atomic mass is 32.1. The summed E-state index contributed by atoms with van der Waals surface area (Å²) in [6.45, 7) is 13.8. The van der Waals surface area contributed by atoms with E-state index in [1.165, 1.54) is 4.88 Å². The molecule has 0 spiro atoms. The molecule has 0 saturated heterocycles. The first kappa shape index (κ1) is 17.9. The number of hydrogen-bond donors (Lipinski definition) is 1. The number of nitrogens with zero attached hydrogens (tertiary/aromatic N) is 2. The van der Waals surface area contributed by atoms with E-state index in [4.69, 9.17) is 4.74 Å². The molecular formula is C15H27N3O2S. The number of aromatic nitrogens is 1. The van der Waals surface area contributed by atoms with Gasteiger partial charge < -0.3 is 15.0 Å². The van der Waals surface area contributed by atoms with Gasteiger partial charge in [-0.25, -0.2) is 4.79 Å². The molecule has 0 aliphatic rings. The Labute approximate surface area is 131 Å². The van der Waals surface area contributed by atoms with Gasteiger partial charge in [-0.15, -0.1) is 11.3 Å². The van der Waals surface area contributed by atoms with E-state index in [-0.39, 0.29) is 11.6 Å². The molecule has 0 atom stereocenters. The number of amides is 1. The van der Waals surface area contributed by atoms with Crippen molar-refractivity contribution in [2.45, 2.75) is 59.2 Å². The monoisotopic (exact) mass is 313 g/mol. The van der Waals surface area contributed by atoms with E-state index >= 15 is 0 Å². The van der Waals surface area contributed by atoms with Crippen molar-refractivity contribution in [3.63, 3.8) is 0 Å². The zero-order chi connectivity index (χ0) is 16.1. The molecule has 1 aromatic rings. The Morgan fingerprint density at radius 3 is 2.48 bits per heavy atom. The second-order valence-corrected chi connectivity index (χ2v) is 7.92. The van der Waals surface area contributed by atoms with Gasteiger partial charge in [-0.3, -0.25) is 4.98 Å². The van der Waals surface area contributed by atoms with E-state index in [9.17, 15) is 4.79 Å². The number of hydrogen-bond acceptors (Lipinski definition) is 5. The van der Waals surface area contributed by atoms with Crippen molar-refractivity contribution < 1.29 is 9.53 Å². The first-order valence-electron chi connectivity index (χ1n) is 7.18. The molecule has 1 aromatic heterocycles. The lowest BCUT2D eigenvalue weighted by molar-refractivity contribution is 0.00664. The van der Waals surface area contributed by atoms with Crippen LogP contribution < -0.4 is 5.32 Å². The minimum Gasteiger partial charge on any atom is -0.444 e. The SMILES string of the molecule is CC(C)(C)OC(=O)N(CCNCc1cncs1)C(C)(C)C. The Kier molecular flexibility index (Phi) is 6.16. The number of carbonyl (C=O) groups excluding carboxylic acids is 1. The molecule has 6 heteroatoms. The molecule has 0 unspecified atom stereocenters. The quantitative estimate of drug-likeness (QED) is 0.848. The standard InChI is InChI=1S/C15H27N3O2S/c1-14(2,3)18(13(19)20-15(4,5)6)8-7-16-9-12-10-17-11-21-12/h10-11,16H,7-9H2,1-6H3. The topological polar surface area (TPSA) is 54.5 Å². The van der Waals surface area contributed by atoms with Crippen LogP contribution in [0.1, 0.15) is 46.4 Å². The molecule has 1 amide bonds. The van der Waals surface area contributed by atoms with Gasteiger partial charge in [0.25, 0.3) is 0 Å². The molecule has 0 saturated carbocycles. The molecule has 0 aliphatic carbocycles. The van der Waals surface area contributed by atoms with Crippen LogP contribution in [0.15, 0.2) is 11.7 Å². The summed E-state index contributed by atoms with van der Waals surface area (Å²) in [5, 5.41) is 3.33. The Morgan fingerprint density at radius 1 is 1.33 bits per heavy atom. The van der Waals surface area contributed by atoms with Crippen LogP contribution in [0.25, 0.3) is 0 Å². The molecule has 120 valence electrons. The molecular weight excluding hydrogens is 286 g/mol. The number of thiazole rings is 1. The van der Waals surface area contributed by atoms with Crippen LogP contribution in [-0.4, -0.2) is 40.2 Å². The van der Waals surface area contributed by atoms with Crippen molar-refractivity contribution in [1.29, 1.82) is 0 Å². The highest BCUT2D eigenvalue weighted by Gasteiger charge is 2.30. The average Bonchev–Trinajstić information content (AvgIpc) is 2.77. The fourth-order valence-electron chi connectivity index (χ4n) is 1.75. The number of nitrogens with one attached hydrogen (secondary N) is 1. The summed E-state index contributed by atoms with van der Waals surface area (Å²) in [6.07, 6.45) is 1.59. The van der Waals surface area contributed by atoms with E-state index < -0.39 is 5.60 Å². The molecule has 1 heterocycles. The van der Waals surface area contributed by atoms with Crippen molar-refractivity contribution in [3.8, 4) is 0 Å². The van der Waals surface area contributed by atoms with Crippen molar-refractivity contribution in [2.75, 3.05) is 13.1 Å². The van der Waals surface area contributed by atoms with Crippen LogP contribution in [0.4, 0.5) is 4.79 Å². The first-order valence-corrected chi connectivity index (χ1v) is 8.06. The third-order valence-electron chi connectivity index (χ3n) is 2.72. The zero-order valence-corrected chi connectivity index (χ0v) is 14.7. The lowest BCUT2D eigenvalue weighted by Crippen LogP contribution is -2.50. The molecule has 0 bridgehead atoms. The summed E-state index contributed by atoms with van der Waals surface area (Å²) in [5.74, 6) is 0. The summed E-state index contributed by atoms with van der Waals surface area (Å²) in [4.78, 5) is 19.3. The van der Waals surface area contributed by atoms with Gasteiger partial charge in [-0.2, -0.15) is 0 Å². The van der Waals surface area contributed by atoms with Gasteiger partial charge in [-0.05, 0) is 41.5 Å². The summed E-state index contributed by atoms with van der Waals surface area (Å²) >= 11 is 1.62. The number of carbonyl (C=O) groups is 1. The summed E-state index contributed by atoms with van der Waals surface area (Å²) in [5.41, 5.74) is 1.07. The number of rotatable bonds is 5. The van der Waals surface area contributed by atoms with Crippen LogP contribution in [-0.2, 0) is 11.3 Å². The molecule has 0 aromatic carbocycles. The molecule has 1 N–H and O–H groups in total. The molecule has 1 rings (SSSR count). The van der Waals surface area contributed by atoms with Crippen LogP contribution in [0.2, 0.25) is 0 Å².